The number of nitrogens with zero attached hydrogens (tertiary/aromatic N) is 1. The number of hydrogen-bond donors (Lipinski definition) is 4. The van der Waals surface area contributed by atoms with Crippen molar-refractivity contribution in [2.24, 2.45) is 0 Å². The van der Waals surface area contributed by atoms with Gasteiger partial charge in [-0.25, -0.2) is 4.79 Å². The maximum Gasteiger partial charge on any atom is 0.407 e. The van der Waals surface area contributed by atoms with Gasteiger partial charge in [0.1, 0.15) is 0 Å². The van der Waals surface area contributed by atoms with E-state index in [2.05, 4.69) is 5.32 Å². The number of hydrogen-bond acceptors (Lipinski definition) is 4. The van der Waals surface area contributed by atoms with Gasteiger partial charge in [-0.15, -0.1) is 0 Å². The van der Waals surface area contributed by atoms with Crippen LogP contribution in [0.5, 0.6) is 0 Å². The van der Waals surface area contributed by atoms with Crippen LogP contribution in [0.4, 0.5) is 4.79 Å². The number of rotatable bonds is 2. The summed E-state index contributed by atoms with van der Waals surface area (Å²) in [5.74, 6) is 0. The van der Waals surface area contributed by atoms with Crippen LogP contribution in [-0.4, -0.2) is 64.7 Å². The first-order valence-corrected chi connectivity index (χ1v) is 6.13. The average Bonchev–Trinajstić information content (AvgIpc) is 3.00. The van der Waals surface area contributed by atoms with Crippen LogP contribution in [0.25, 0.3) is 0 Å². The van der Waals surface area contributed by atoms with E-state index < -0.39 is 6.09 Å². The lowest BCUT2D eigenvalue weighted by molar-refractivity contribution is 0.118. The summed E-state index contributed by atoms with van der Waals surface area (Å²) in [6, 6.07) is 0.248. The van der Waals surface area contributed by atoms with Crippen molar-refractivity contribution in [3.05, 3.63) is 0 Å². The van der Waals surface area contributed by atoms with Crippen LogP contribution in [0.3, 0.4) is 0 Å². The Morgan fingerprint density at radius 2 is 2.00 bits per heavy atom. The maximum absolute atomic E-state index is 10.4. The lowest BCUT2D eigenvalue weighted by Gasteiger charge is -2.18. The van der Waals surface area contributed by atoms with E-state index in [9.17, 15) is 4.79 Å². The Labute approximate surface area is 101 Å². The molecule has 2 heterocycles. The highest BCUT2D eigenvalue weighted by molar-refractivity contribution is 5.65. The van der Waals surface area contributed by atoms with Crippen LogP contribution in [0.2, 0.25) is 0 Å². The minimum atomic E-state index is -0.920. The van der Waals surface area contributed by atoms with Crippen LogP contribution in [0.1, 0.15) is 25.7 Å². The number of aliphatic hydroxyl groups is 2. The second-order valence-corrected chi connectivity index (χ2v) is 4.43. The second kappa shape index (κ2) is 7.47. The fourth-order valence-corrected chi connectivity index (χ4v) is 2.19. The summed E-state index contributed by atoms with van der Waals surface area (Å²) in [4.78, 5) is 11.7. The van der Waals surface area contributed by atoms with Crippen LogP contribution >= 0.6 is 0 Å². The Morgan fingerprint density at radius 1 is 1.24 bits per heavy atom. The quantitative estimate of drug-likeness (QED) is 0.544. The van der Waals surface area contributed by atoms with E-state index in [1.54, 1.807) is 0 Å². The molecule has 2 saturated heterocycles. The number of carboxylic acid groups (broad SMARTS) is 1. The molecule has 2 atom stereocenters. The Bertz CT molecular complexity index is 232. The maximum atomic E-state index is 10.4. The third-order valence-electron chi connectivity index (χ3n) is 3.22. The lowest BCUT2D eigenvalue weighted by atomic mass is 10.2. The Kier molecular flexibility index (Phi) is 6.25. The van der Waals surface area contributed by atoms with Crippen molar-refractivity contribution in [2.75, 3.05) is 26.3 Å². The molecule has 2 rings (SSSR count). The molecule has 4 N–H and O–H groups in total. The Hall–Kier alpha value is -0.850. The van der Waals surface area contributed by atoms with E-state index in [1.807, 2.05) is 0 Å². The van der Waals surface area contributed by atoms with Gasteiger partial charge in [0.25, 0.3) is 0 Å². The summed E-state index contributed by atoms with van der Waals surface area (Å²) in [5, 5.41) is 28.9. The molecule has 0 unspecified atom stereocenters. The zero-order valence-corrected chi connectivity index (χ0v) is 10.0. The van der Waals surface area contributed by atoms with Crippen molar-refractivity contribution in [3.8, 4) is 0 Å². The van der Waals surface area contributed by atoms with Crippen molar-refractivity contribution in [2.45, 2.75) is 37.8 Å². The van der Waals surface area contributed by atoms with Gasteiger partial charge >= 0.3 is 6.09 Å². The van der Waals surface area contributed by atoms with Crippen LogP contribution in [-0.2, 0) is 0 Å². The SMILES string of the molecule is O=C(O)N1CCC[C@H]1CO.OC[C@@H]1CCCN1. The minimum absolute atomic E-state index is 0.0493. The largest absolute Gasteiger partial charge is 0.465 e. The molecule has 100 valence electrons. The molecule has 1 amide bonds. The summed E-state index contributed by atoms with van der Waals surface area (Å²) in [6.07, 6.45) is 3.12. The highest BCUT2D eigenvalue weighted by atomic mass is 16.4. The molecule has 0 aromatic carbocycles. The zero-order valence-electron chi connectivity index (χ0n) is 10.0. The van der Waals surface area contributed by atoms with Gasteiger partial charge in [0.15, 0.2) is 0 Å². The highest BCUT2D eigenvalue weighted by Gasteiger charge is 2.27. The molecule has 6 heteroatoms. The van der Waals surface area contributed by atoms with Crippen molar-refractivity contribution in [1.82, 2.24) is 10.2 Å². The minimum Gasteiger partial charge on any atom is -0.465 e. The normalized spacial score (nSPS) is 27.8. The van der Waals surface area contributed by atoms with Crippen LogP contribution in [0, 0.1) is 0 Å². The van der Waals surface area contributed by atoms with Gasteiger partial charge in [0, 0.05) is 12.6 Å². The van der Waals surface area contributed by atoms with Gasteiger partial charge in [-0.05, 0) is 32.2 Å². The fraction of sp³-hybridized carbons (Fsp3) is 0.909. The van der Waals surface area contributed by atoms with Gasteiger partial charge in [0.05, 0.1) is 19.3 Å². The first-order valence-electron chi connectivity index (χ1n) is 6.13. The summed E-state index contributed by atoms with van der Waals surface area (Å²) < 4.78 is 0. The van der Waals surface area contributed by atoms with Crippen molar-refractivity contribution in [3.63, 3.8) is 0 Å². The molecular weight excluding hydrogens is 224 g/mol. The van der Waals surface area contributed by atoms with E-state index in [0.717, 1.165) is 25.8 Å². The van der Waals surface area contributed by atoms with Gasteiger partial charge in [-0.1, -0.05) is 0 Å². The Balaban J connectivity index is 0.000000181. The van der Waals surface area contributed by atoms with Crippen LogP contribution < -0.4 is 5.32 Å². The number of nitrogens with one attached hydrogen (secondary N) is 1. The highest BCUT2D eigenvalue weighted by Crippen LogP contribution is 2.15. The zero-order chi connectivity index (χ0) is 12.7. The molecule has 2 aliphatic rings. The first kappa shape index (κ1) is 14.2. The molecule has 0 saturated carbocycles. The summed E-state index contributed by atoms with van der Waals surface area (Å²) in [7, 11) is 0. The van der Waals surface area contributed by atoms with Crippen molar-refractivity contribution >= 4 is 6.09 Å². The molecule has 0 aromatic heterocycles. The van der Waals surface area contributed by atoms with E-state index >= 15 is 0 Å². The summed E-state index contributed by atoms with van der Waals surface area (Å²) in [5.41, 5.74) is 0. The summed E-state index contributed by atoms with van der Waals surface area (Å²) in [6.45, 7) is 1.91. The predicted molar refractivity (Wildman–Crippen MR) is 62.9 cm³/mol. The standard InChI is InChI=1S/C6H11NO3.C5H11NO/c8-4-5-2-1-3-7(5)6(9)10;7-4-5-2-1-3-6-5/h5,8H,1-4H2,(H,9,10);5-7H,1-4H2/t2*5-/m00/s1. The molecular formula is C11H22N2O4. The summed E-state index contributed by atoms with van der Waals surface area (Å²) >= 11 is 0. The smallest absolute Gasteiger partial charge is 0.407 e. The third kappa shape index (κ3) is 4.49. The molecule has 6 nitrogen and oxygen atoms in total. The predicted octanol–water partition coefficient (Wildman–Crippen LogP) is -0.148. The molecule has 0 spiro atoms. The molecule has 0 aromatic rings. The van der Waals surface area contributed by atoms with Crippen molar-refractivity contribution < 1.29 is 20.1 Å². The van der Waals surface area contributed by atoms with E-state index in [-0.39, 0.29) is 12.6 Å². The van der Waals surface area contributed by atoms with Gasteiger partial charge in [0.2, 0.25) is 0 Å². The second-order valence-electron chi connectivity index (χ2n) is 4.43. The monoisotopic (exact) mass is 246 g/mol. The topological polar surface area (TPSA) is 93.0 Å². The number of carbonyl (C=O) groups is 1. The van der Waals surface area contributed by atoms with Gasteiger partial charge in [-0.2, -0.15) is 0 Å². The molecule has 0 bridgehead atoms. The van der Waals surface area contributed by atoms with Gasteiger partial charge < -0.3 is 25.5 Å². The molecule has 2 aliphatic heterocycles. The molecule has 0 aliphatic carbocycles. The van der Waals surface area contributed by atoms with E-state index in [1.165, 1.54) is 11.3 Å². The van der Waals surface area contributed by atoms with Gasteiger partial charge in [-0.3, -0.25) is 0 Å². The van der Waals surface area contributed by atoms with E-state index in [0.29, 0.717) is 19.2 Å². The number of aliphatic hydroxyl groups excluding tert-OH is 2. The molecule has 0 radical (unpaired) electrons. The first-order chi connectivity index (χ1) is 8.19. The van der Waals surface area contributed by atoms with E-state index in [4.69, 9.17) is 15.3 Å². The van der Waals surface area contributed by atoms with Crippen LogP contribution in [0.15, 0.2) is 0 Å². The Morgan fingerprint density at radius 3 is 2.35 bits per heavy atom. The molecule has 2 fully saturated rings. The average molecular weight is 246 g/mol. The van der Waals surface area contributed by atoms with Crippen molar-refractivity contribution in [1.29, 1.82) is 0 Å². The molecule has 17 heavy (non-hydrogen) atoms. The fourth-order valence-electron chi connectivity index (χ4n) is 2.19. The lowest BCUT2D eigenvalue weighted by Crippen LogP contribution is -2.36. The number of amides is 1. The number of likely N-dealkylation sites (tertiary alicyclic amines) is 1. The third-order valence-corrected chi connectivity index (χ3v) is 3.22.